The van der Waals surface area contributed by atoms with Gasteiger partial charge in [0.2, 0.25) is 0 Å². The minimum absolute atomic E-state index is 0.0270. The number of anilines is 2. The maximum absolute atomic E-state index is 13.6. The number of aliphatic hydroxyl groups is 1. The number of amides is 1. The van der Waals surface area contributed by atoms with E-state index >= 15 is 0 Å². The van der Waals surface area contributed by atoms with E-state index in [1.807, 2.05) is 43.1 Å². The van der Waals surface area contributed by atoms with Crippen molar-refractivity contribution in [1.82, 2.24) is 10.2 Å². The van der Waals surface area contributed by atoms with E-state index in [1.165, 1.54) is 0 Å². The fourth-order valence-corrected chi connectivity index (χ4v) is 4.62. The van der Waals surface area contributed by atoms with Gasteiger partial charge in [-0.05, 0) is 35.2 Å². The zero-order valence-corrected chi connectivity index (χ0v) is 23.2. The number of carbonyl (C=O) groups excluding carboxylic acids is 2. The second-order valence-corrected chi connectivity index (χ2v) is 10.6. The number of aliphatic hydroxyl groups excluding tert-OH is 1. The van der Waals surface area contributed by atoms with Gasteiger partial charge in [-0.15, -0.1) is 0 Å². The highest BCUT2D eigenvalue weighted by Crippen LogP contribution is 2.40. The number of hydrogen-bond acceptors (Lipinski definition) is 7. The summed E-state index contributed by atoms with van der Waals surface area (Å²) in [6, 6.07) is 7.33. The highest BCUT2D eigenvalue weighted by Gasteiger charge is 2.31. The lowest BCUT2D eigenvalue weighted by Crippen LogP contribution is -2.31. The van der Waals surface area contributed by atoms with E-state index in [-0.39, 0.29) is 36.1 Å². The summed E-state index contributed by atoms with van der Waals surface area (Å²) in [5.41, 5.74) is 4.68. The van der Waals surface area contributed by atoms with E-state index in [4.69, 9.17) is 10.1 Å². The van der Waals surface area contributed by atoms with Crippen LogP contribution in [0.15, 0.2) is 24.3 Å². The molecule has 9 heteroatoms. The van der Waals surface area contributed by atoms with Crippen LogP contribution in [0.4, 0.5) is 11.4 Å². The summed E-state index contributed by atoms with van der Waals surface area (Å²) in [7, 11) is 8.79. The first-order valence-corrected chi connectivity index (χ1v) is 12.3. The maximum atomic E-state index is 13.6. The van der Waals surface area contributed by atoms with Crippen LogP contribution in [0, 0.1) is 5.41 Å². The molecular formula is C28H39N5O4. The van der Waals surface area contributed by atoms with Crippen molar-refractivity contribution in [2.24, 2.45) is 0 Å². The number of hydrogen-bond donors (Lipinski definition) is 3. The minimum atomic E-state index is -0.286. The highest BCUT2D eigenvalue weighted by atomic mass is 16.5. The molecule has 0 spiro atoms. The second kappa shape index (κ2) is 10.8. The van der Waals surface area contributed by atoms with E-state index in [0.29, 0.717) is 35.5 Å². The molecule has 1 aliphatic rings. The molecule has 0 unspecified atom stereocenters. The van der Waals surface area contributed by atoms with Crippen molar-refractivity contribution >= 4 is 28.9 Å². The minimum Gasteiger partial charge on any atom is -0.494 e. The van der Waals surface area contributed by atoms with E-state index < -0.39 is 0 Å². The smallest absolute Gasteiger partial charge is 0.253 e. The van der Waals surface area contributed by atoms with E-state index in [9.17, 15) is 14.7 Å². The number of carbonyl (C=O) groups is 2. The third kappa shape index (κ3) is 5.56. The first kappa shape index (κ1) is 28.0. The molecule has 0 radical (unpaired) electrons. The molecule has 0 atom stereocenters. The van der Waals surface area contributed by atoms with Crippen LogP contribution in [0.1, 0.15) is 58.2 Å². The summed E-state index contributed by atoms with van der Waals surface area (Å²) in [4.78, 5) is 31.6. The van der Waals surface area contributed by atoms with Gasteiger partial charge in [-0.3, -0.25) is 15.0 Å². The van der Waals surface area contributed by atoms with Crippen molar-refractivity contribution in [2.75, 3.05) is 64.8 Å². The monoisotopic (exact) mass is 509 g/mol. The molecule has 0 saturated heterocycles. The number of fused-ring (bicyclic) bond motifs is 1. The molecule has 1 amide bonds. The van der Waals surface area contributed by atoms with Crippen molar-refractivity contribution in [1.29, 1.82) is 5.41 Å². The molecule has 1 aliphatic heterocycles. The Labute approximate surface area is 219 Å². The van der Waals surface area contributed by atoms with Crippen LogP contribution in [0.5, 0.6) is 5.75 Å². The van der Waals surface area contributed by atoms with Crippen LogP contribution in [-0.2, 0) is 12.0 Å². The first-order chi connectivity index (χ1) is 17.3. The van der Waals surface area contributed by atoms with Crippen LogP contribution < -0.4 is 19.9 Å². The zero-order chi connectivity index (χ0) is 27.7. The highest BCUT2D eigenvalue weighted by molar-refractivity contribution is 6.08. The predicted octanol–water partition coefficient (Wildman–Crippen LogP) is 2.87. The summed E-state index contributed by atoms with van der Waals surface area (Å²) in [5.74, 6) is 0.560. The van der Waals surface area contributed by atoms with Crippen LogP contribution >= 0.6 is 0 Å². The Morgan fingerprint density at radius 2 is 1.81 bits per heavy atom. The molecule has 200 valence electrons. The summed E-state index contributed by atoms with van der Waals surface area (Å²) in [6.45, 7) is 6.99. The molecule has 2 aromatic carbocycles. The number of amidine groups is 1. The third-order valence-electron chi connectivity index (χ3n) is 6.69. The van der Waals surface area contributed by atoms with E-state index in [1.54, 1.807) is 31.2 Å². The molecule has 0 saturated carbocycles. The SMILES string of the molecule is CNC(=O)c1cc2c(cc1N(C)C)CN(CC(=O)c1cc(N(C)CCO)c(OC)c(C(C)(C)C)c1)C2=N. The molecule has 0 fully saturated rings. The number of Topliss-reactive ketones (excluding diaryl/α,β-unsaturated/α-hetero) is 1. The molecule has 2 aromatic rings. The predicted molar refractivity (Wildman–Crippen MR) is 148 cm³/mol. The fourth-order valence-electron chi connectivity index (χ4n) is 4.62. The molecule has 37 heavy (non-hydrogen) atoms. The third-order valence-corrected chi connectivity index (χ3v) is 6.69. The summed E-state index contributed by atoms with van der Waals surface area (Å²) < 4.78 is 5.75. The Bertz CT molecular complexity index is 1220. The van der Waals surface area contributed by atoms with Crippen molar-refractivity contribution < 1.29 is 19.4 Å². The van der Waals surface area contributed by atoms with Gasteiger partial charge in [0.15, 0.2) is 5.78 Å². The summed E-state index contributed by atoms with van der Waals surface area (Å²) >= 11 is 0. The molecule has 9 nitrogen and oxygen atoms in total. The summed E-state index contributed by atoms with van der Waals surface area (Å²) in [5, 5.41) is 20.9. The van der Waals surface area contributed by atoms with Gasteiger partial charge >= 0.3 is 0 Å². The van der Waals surface area contributed by atoms with Gasteiger partial charge in [0.1, 0.15) is 11.6 Å². The normalized spacial score (nSPS) is 12.9. The number of ketones is 1. The first-order valence-electron chi connectivity index (χ1n) is 12.3. The number of rotatable bonds is 9. The molecule has 1 heterocycles. The Morgan fingerprint density at radius 3 is 2.35 bits per heavy atom. The Morgan fingerprint density at radius 1 is 1.14 bits per heavy atom. The van der Waals surface area contributed by atoms with Crippen LogP contribution in [0.2, 0.25) is 0 Å². The van der Waals surface area contributed by atoms with Crippen molar-refractivity contribution in [2.45, 2.75) is 32.7 Å². The average molecular weight is 510 g/mol. The summed E-state index contributed by atoms with van der Waals surface area (Å²) in [6.07, 6.45) is 0. The lowest BCUT2D eigenvalue weighted by atomic mass is 9.84. The molecule has 0 aromatic heterocycles. The Kier molecular flexibility index (Phi) is 8.17. The number of likely N-dealkylation sites (N-methyl/N-ethyl adjacent to an activating group) is 1. The standard InChI is InChI=1S/C28H39N5O4/c1-28(2,3)21-11-17(12-23(25(21)37-8)32(7)9-10-34)24(35)16-33-15-18-13-22(31(5)6)20(27(36)30-4)14-19(18)26(33)29/h11-14,29,34H,9-10,15-16H2,1-8H3,(H,30,36). The van der Waals surface area contributed by atoms with Crippen molar-refractivity contribution in [3.8, 4) is 5.75 Å². The Hall–Kier alpha value is -3.59. The molecule has 0 aliphatic carbocycles. The number of nitrogens with one attached hydrogen (secondary N) is 2. The Balaban J connectivity index is 1.98. The topological polar surface area (TPSA) is 109 Å². The molecular weight excluding hydrogens is 470 g/mol. The number of methoxy groups -OCH3 is 1. The molecule has 0 bridgehead atoms. The maximum Gasteiger partial charge on any atom is 0.253 e. The van der Waals surface area contributed by atoms with Gasteiger partial charge in [0, 0.05) is 63.7 Å². The van der Waals surface area contributed by atoms with E-state index in [0.717, 1.165) is 22.5 Å². The van der Waals surface area contributed by atoms with Crippen LogP contribution in [-0.4, -0.2) is 82.5 Å². The van der Waals surface area contributed by atoms with Crippen molar-refractivity contribution in [3.05, 3.63) is 52.1 Å². The van der Waals surface area contributed by atoms with Crippen LogP contribution in [0.25, 0.3) is 0 Å². The van der Waals surface area contributed by atoms with Gasteiger partial charge < -0.3 is 29.9 Å². The van der Waals surface area contributed by atoms with Crippen LogP contribution in [0.3, 0.4) is 0 Å². The zero-order valence-electron chi connectivity index (χ0n) is 23.2. The molecule has 3 N–H and O–H groups in total. The van der Waals surface area contributed by atoms with Gasteiger partial charge in [-0.1, -0.05) is 20.8 Å². The molecule has 3 rings (SSSR count). The van der Waals surface area contributed by atoms with Gasteiger partial charge in [-0.2, -0.15) is 0 Å². The van der Waals surface area contributed by atoms with Gasteiger partial charge in [-0.25, -0.2) is 0 Å². The number of ether oxygens (including phenoxy) is 1. The van der Waals surface area contributed by atoms with Crippen molar-refractivity contribution in [3.63, 3.8) is 0 Å². The lowest BCUT2D eigenvalue weighted by molar-refractivity contribution is 0.0955. The van der Waals surface area contributed by atoms with Gasteiger partial charge in [0.25, 0.3) is 5.91 Å². The number of benzene rings is 2. The second-order valence-electron chi connectivity index (χ2n) is 10.6. The largest absolute Gasteiger partial charge is 0.494 e. The average Bonchev–Trinajstić information content (AvgIpc) is 3.15. The number of nitrogens with zero attached hydrogens (tertiary/aromatic N) is 3. The fraction of sp³-hybridized carbons (Fsp3) is 0.464. The quantitative estimate of drug-likeness (QED) is 0.446. The van der Waals surface area contributed by atoms with E-state index in [2.05, 4.69) is 26.1 Å². The van der Waals surface area contributed by atoms with Gasteiger partial charge in [0.05, 0.1) is 31.5 Å². The lowest BCUT2D eigenvalue weighted by Gasteiger charge is -2.29.